The fraction of sp³-hybridized carbons (Fsp3) is 0.207. The first kappa shape index (κ1) is 27.4. The molecule has 0 N–H and O–H groups in total. The predicted molar refractivity (Wildman–Crippen MR) is 140 cm³/mol. The molecule has 0 aliphatic carbocycles. The average molecular weight is 445 g/mol. The van der Waals surface area contributed by atoms with Crippen LogP contribution in [0.25, 0.3) is 16.5 Å². The molecule has 2 aromatic carbocycles. The van der Waals surface area contributed by atoms with Gasteiger partial charge in [-0.2, -0.15) is 0 Å². The lowest BCUT2D eigenvalue weighted by Gasteiger charge is -2.06. The van der Waals surface area contributed by atoms with Crippen molar-refractivity contribution in [1.29, 1.82) is 0 Å². The lowest BCUT2D eigenvalue weighted by atomic mass is 10.1. The van der Waals surface area contributed by atoms with Crippen LogP contribution in [0.4, 0.5) is 4.39 Å². The van der Waals surface area contributed by atoms with Crippen molar-refractivity contribution >= 4 is 28.5 Å². The number of hydrogen-bond acceptors (Lipinski definition) is 3. The monoisotopic (exact) mass is 444 g/mol. The molecule has 0 bridgehead atoms. The quantitative estimate of drug-likeness (QED) is 0.228. The highest BCUT2D eigenvalue weighted by atomic mass is 19.1. The van der Waals surface area contributed by atoms with E-state index >= 15 is 0 Å². The summed E-state index contributed by atoms with van der Waals surface area (Å²) >= 11 is 0. The number of fused-ring (bicyclic) bond motifs is 1. The van der Waals surface area contributed by atoms with E-state index in [9.17, 15) is 9.18 Å². The standard InChI is InChI=1S/C17H18FNO.C10H9N.C2H6/c1-4-5-6-7-13(2)17(19-14(3)12-20)15-8-10-16(18)11-9-15;1-8-3-2-4-9-7-11-6-5-10(8)9;1-2/h4-12H,1-3H3;2-7H,1H3;1-2H3/b5-4-,7-6-,17-13+,19-14?;;. The van der Waals surface area contributed by atoms with Crippen molar-refractivity contribution in [3.05, 3.63) is 108 Å². The first-order valence-corrected chi connectivity index (χ1v) is 11.0. The topological polar surface area (TPSA) is 42.3 Å². The van der Waals surface area contributed by atoms with Gasteiger partial charge in [0.2, 0.25) is 0 Å². The predicted octanol–water partition coefficient (Wildman–Crippen LogP) is 7.92. The maximum Gasteiger partial charge on any atom is 0.163 e. The van der Waals surface area contributed by atoms with Crippen molar-refractivity contribution in [2.75, 3.05) is 0 Å². The summed E-state index contributed by atoms with van der Waals surface area (Å²) < 4.78 is 13.0. The van der Waals surface area contributed by atoms with E-state index in [-0.39, 0.29) is 5.82 Å². The molecule has 0 radical (unpaired) electrons. The van der Waals surface area contributed by atoms with Crippen LogP contribution in [-0.4, -0.2) is 17.0 Å². The summed E-state index contributed by atoms with van der Waals surface area (Å²) in [5.74, 6) is -0.300. The van der Waals surface area contributed by atoms with E-state index in [1.54, 1.807) is 19.1 Å². The number of halogens is 1. The van der Waals surface area contributed by atoms with E-state index < -0.39 is 0 Å². The summed E-state index contributed by atoms with van der Waals surface area (Å²) in [4.78, 5) is 19.1. The largest absolute Gasteiger partial charge is 0.297 e. The van der Waals surface area contributed by atoms with Gasteiger partial charge in [0.05, 0.1) is 11.4 Å². The number of rotatable bonds is 5. The van der Waals surface area contributed by atoms with Crippen LogP contribution >= 0.6 is 0 Å². The molecular formula is C29H33FN2O. The summed E-state index contributed by atoms with van der Waals surface area (Å²) in [5.41, 5.74) is 4.02. The summed E-state index contributed by atoms with van der Waals surface area (Å²) in [7, 11) is 0. The number of benzene rings is 2. The minimum Gasteiger partial charge on any atom is -0.297 e. The molecule has 4 heteroatoms. The normalized spacial score (nSPS) is 12.0. The third-order valence-corrected chi connectivity index (χ3v) is 4.50. The van der Waals surface area contributed by atoms with Crippen LogP contribution in [0, 0.1) is 12.7 Å². The second-order valence-electron chi connectivity index (χ2n) is 6.97. The molecule has 3 nitrogen and oxygen atoms in total. The van der Waals surface area contributed by atoms with E-state index in [1.165, 1.54) is 28.5 Å². The van der Waals surface area contributed by atoms with Gasteiger partial charge in [0, 0.05) is 23.3 Å². The molecule has 1 heterocycles. The van der Waals surface area contributed by atoms with Gasteiger partial charge in [-0.05, 0) is 74.5 Å². The van der Waals surface area contributed by atoms with Crippen LogP contribution in [0.1, 0.15) is 45.7 Å². The number of aldehydes is 1. The third kappa shape index (κ3) is 9.16. The molecule has 0 aliphatic heterocycles. The zero-order valence-corrected chi connectivity index (χ0v) is 20.3. The molecular weight excluding hydrogens is 411 g/mol. The number of aromatic nitrogens is 1. The number of hydrogen-bond donors (Lipinski definition) is 0. The molecule has 172 valence electrons. The van der Waals surface area contributed by atoms with Gasteiger partial charge in [-0.1, -0.05) is 56.4 Å². The second kappa shape index (κ2) is 15.2. The van der Waals surface area contributed by atoms with Crippen molar-refractivity contribution in [3.8, 4) is 0 Å². The van der Waals surface area contributed by atoms with Gasteiger partial charge < -0.3 is 0 Å². The van der Waals surface area contributed by atoms with Crippen LogP contribution < -0.4 is 0 Å². The number of nitrogens with zero attached hydrogens (tertiary/aromatic N) is 2. The zero-order chi connectivity index (χ0) is 24.6. The van der Waals surface area contributed by atoms with Gasteiger partial charge in [-0.15, -0.1) is 0 Å². The molecule has 3 rings (SSSR count). The Labute approximate surface area is 197 Å². The van der Waals surface area contributed by atoms with Crippen molar-refractivity contribution in [1.82, 2.24) is 4.98 Å². The van der Waals surface area contributed by atoms with Gasteiger partial charge in [-0.25, -0.2) is 9.38 Å². The van der Waals surface area contributed by atoms with Gasteiger partial charge in [-0.3, -0.25) is 9.78 Å². The van der Waals surface area contributed by atoms with Crippen molar-refractivity contribution in [2.24, 2.45) is 4.99 Å². The van der Waals surface area contributed by atoms with Gasteiger partial charge >= 0.3 is 0 Å². The van der Waals surface area contributed by atoms with Gasteiger partial charge in [0.1, 0.15) is 5.82 Å². The number of pyridine rings is 1. The van der Waals surface area contributed by atoms with E-state index in [0.29, 0.717) is 17.7 Å². The first-order chi connectivity index (χ1) is 16.0. The number of aryl methyl sites for hydroxylation is 1. The summed E-state index contributed by atoms with van der Waals surface area (Å²) in [6.45, 7) is 11.6. The van der Waals surface area contributed by atoms with E-state index in [0.717, 1.165) is 11.1 Å². The summed E-state index contributed by atoms with van der Waals surface area (Å²) in [5, 5.41) is 2.51. The third-order valence-electron chi connectivity index (χ3n) is 4.50. The lowest BCUT2D eigenvalue weighted by Crippen LogP contribution is -1.95. The number of carbonyl (C=O) groups excluding carboxylic acids is 1. The SMILES string of the molecule is CC.C\C=C/C=C\C(C)=C(\N=C(C)C=O)c1ccc(F)cc1.Cc1cccc2cnccc12. The Morgan fingerprint density at radius 2 is 1.70 bits per heavy atom. The van der Waals surface area contributed by atoms with Gasteiger partial charge in [0.15, 0.2) is 6.29 Å². The Kier molecular flexibility index (Phi) is 12.6. The van der Waals surface area contributed by atoms with Crippen molar-refractivity contribution in [3.63, 3.8) is 0 Å². The van der Waals surface area contributed by atoms with E-state index in [2.05, 4.69) is 35.1 Å². The molecule has 0 atom stereocenters. The molecule has 0 saturated heterocycles. The second-order valence-corrected chi connectivity index (χ2v) is 6.97. The Morgan fingerprint density at radius 3 is 2.30 bits per heavy atom. The molecule has 33 heavy (non-hydrogen) atoms. The van der Waals surface area contributed by atoms with E-state index in [1.807, 2.05) is 70.5 Å². The van der Waals surface area contributed by atoms with Crippen LogP contribution in [0.2, 0.25) is 0 Å². The maximum atomic E-state index is 13.0. The molecule has 3 aromatic rings. The Hall–Kier alpha value is -3.66. The van der Waals surface area contributed by atoms with Crippen LogP contribution in [0.15, 0.2) is 95.8 Å². The molecule has 0 amide bonds. The fourth-order valence-electron chi connectivity index (χ4n) is 2.87. The highest BCUT2D eigenvalue weighted by Gasteiger charge is 2.04. The molecule has 0 spiro atoms. The van der Waals surface area contributed by atoms with E-state index in [4.69, 9.17) is 0 Å². The molecule has 0 fully saturated rings. The van der Waals surface area contributed by atoms with Crippen LogP contribution in [-0.2, 0) is 4.79 Å². The Balaban J connectivity index is 0.000000349. The molecule has 0 unspecified atom stereocenters. The van der Waals surface area contributed by atoms with Gasteiger partial charge in [0.25, 0.3) is 0 Å². The van der Waals surface area contributed by atoms with Crippen molar-refractivity contribution < 1.29 is 9.18 Å². The zero-order valence-electron chi connectivity index (χ0n) is 20.3. The lowest BCUT2D eigenvalue weighted by molar-refractivity contribution is -0.102. The summed E-state index contributed by atoms with van der Waals surface area (Å²) in [6, 6.07) is 14.4. The average Bonchev–Trinajstić information content (AvgIpc) is 2.85. The van der Waals surface area contributed by atoms with Crippen LogP contribution in [0.3, 0.4) is 0 Å². The molecule has 0 aliphatic rings. The fourth-order valence-corrected chi connectivity index (χ4v) is 2.87. The van der Waals surface area contributed by atoms with Crippen LogP contribution in [0.5, 0.6) is 0 Å². The minimum absolute atomic E-state index is 0.300. The Bertz CT molecular complexity index is 1130. The first-order valence-electron chi connectivity index (χ1n) is 11.0. The highest BCUT2D eigenvalue weighted by Crippen LogP contribution is 2.22. The Morgan fingerprint density at radius 1 is 1.00 bits per heavy atom. The summed E-state index contributed by atoms with van der Waals surface area (Å²) in [6.07, 6.45) is 12.0. The maximum absolute atomic E-state index is 13.0. The minimum atomic E-state index is -0.300. The highest BCUT2D eigenvalue weighted by molar-refractivity contribution is 6.28. The number of carbonyl (C=O) groups is 1. The molecule has 1 aromatic heterocycles. The smallest absolute Gasteiger partial charge is 0.163 e. The molecule has 0 saturated carbocycles. The van der Waals surface area contributed by atoms with Crippen molar-refractivity contribution in [2.45, 2.75) is 41.5 Å². The number of aliphatic imine (C=N–C) groups is 1. The number of allylic oxidation sites excluding steroid dienone is 5.